The molecule has 0 aromatic carbocycles. The maximum Gasteiger partial charge on any atom is 0.0798 e. The van der Waals surface area contributed by atoms with Crippen LogP contribution in [0.4, 0.5) is 0 Å². The molecule has 0 fully saturated rings. The van der Waals surface area contributed by atoms with Gasteiger partial charge in [0.25, 0.3) is 0 Å². The highest BCUT2D eigenvalue weighted by Crippen LogP contribution is 2.11. The molecule has 0 aliphatic rings. The molecule has 0 atom stereocenters. The summed E-state index contributed by atoms with van der Waals surface area (Å²) in [6.45, 7) is 6.95. The highest BCUT2D eigenvalue weighted by molar-refractivity contribution is 7.09. The van der Waals surface area contributed by atoms with Crippen molar-refractivity contribution in [3.63, 3.8) is 0 Å². The van der Waals surface area contributed by atoms with E-state index in [1.165, 1.54) is 10.4 Å². The van der Waals surface area contributed by atoms with E-state index in [-0.39, 0.29) is 0 Å². The predicted octanol–water partition coefficient (Wildman–Crippen LogP) is 2.35. The topological polar surface area (TPSA) is 42.7 Å². The second-order valence-corrected chi connectivity index (χ2v) is 5.02. The molecular formula is C12H18N4S. The molecule has 2 rings (SSSR count). The zero-order valence-electron chi connectivity index (χ0n) is 10.3. The molecule has 0 aliphatic heterocycles. The maximum absolute atomic E-state index is 4.31. The van der Waals surface area contributed by atoms with Crippen LogP contribution in [0.3, 0.4) is 0 Å². The first kappa shape index (κ1) is 12.3. The summed E-state index contributed by atoms with van der Waals surface area (Å²) in [6.07, 6.45) is 5.16. The van der Waals surface area contributed by atoms with Gasteiger partial charge in [-0.05, 0) is 13.3 Å². The Morgan fingerprint density at radius 2 is 2.29 bits per heavy atom. The Balaban J connectivity index is 1.80. The number of hydrogen-bond acceptors (Lipinski definition) is 4. The van der Waals surface area contributed by atoms with E-state index in [0.29, 0.717) is 0 Å². The van der Waals surface area contributed by atoms with E-state index in [4.69, 9.17) is 0 Å². The van der Waals surface area contributed by atoms with Crippen LogP contribution in [0.15, 0.2) is 17.9 Å². The lowest BCUT2D eigenvalue weighted by Crippen LogP contribution is -2.12. The number of nitrogens with one attached hydrogen (secondary N) is 1. The van der Waals surface area contributed by atoms with Gasteiger partial charge in [0.15, 0.2) is 0 Å². The standard InChI is InChI=1S/C12H18N4S/c1-3-4-16-8-11(6-15-16)5-13-7-12-10(2)14-9-17-12/h6,8-9,13H,3-5,7H2,1-2H3. The molecule has 0 unspecified atom stereocenters. The first-order valence-corrected chi connectivity index (χ1v) is 6.78. The normalized spacial score (nSPS) is 10.9. The summed E-state index contributed by atoms with van der Waals surface area (Å²) in [7, 11) is 0. The molecular weight excluding hydrogens is 232 g/mol. The number of aryl methyl sites for hydroxylation is 2. The van der Waals surface area contributed by atoms with Gasteiger partial charge in [-0.1, -0.05) is 6.92 Å². The van der Waals surface area contributed by atoms with E-state index in [9.17, 15) is 0 Å². The molecule has 17 heavy (non-hydrogen) atoms. The second kappa shape index (κ2) is 5.93. The molecule has 0 bridgehead atoms. The van der Waals surface area contributed by atoms with Gasteiger partial charge in [-0.15, -0.1) is 11.3 Å². The molecule has 2 aromatic rings. The Morgan fingerprint density at radius 3 is 3.00 bits per heavy atom. The maximum atomic E-state index is 4.31. The van der Waals surface area contributed by atoms with Gasteiger partial charge in [0.1, 0.15) is 0 Å². The van der Waals surface area contributed by atoms with E-state index in [0.717, 1.165) is 31.7 Å². The number of aromatic nitrogens is 3. The zero-order chi connectivity index (χ0) is 12.1. The lowest BCUT2D eigenvalue weighted by atomic mass is 10.3. The van der Waals surface area contributed by atoms with E-state index in [1.54, 1.807) is 11.3 Å². The Kier molecular flexibility index (Phi) is 4.28. The molecule has 0 saturated heterocycles. The van der Waals surface area contributed by atoms with Crippen LogP contribution in [0.1, 0.15) is 29.5 Å². The Morgan fingerprint density at radius 1 is 1.41 bits per heavy atom. The fraction of sp³-hybridized carbons (Fsp3) is 0.500. The van der Waals surface area contributed by atoms with Crippen molar-refractivity contribution in [1.82, 2.24) is 20.1 Å². The summed E-state index contributed by atoms with van der Waals surface area (Å²) >= 11 is 1.70. The quantitative estimate of drug-likeness (QED) is 0.855. The number of hydrogen-bond donors (Lipinski definition) is 1. The van der Waals surface area contributed by atoms with E-state index in [2.05, 4.69) is 28.5 Å². The minimum absolute atomic E-state index is 0.862. The molecule has 0 saturated carbocycles. The molecule has 4 nitrogen and oxygen atoms in total. The van der Waals surface area contributed by atoms with Crippen molar-refractivity contribution in [3.05, 3.63) is 34.0 Å². The van der Waals surface area contributed by atoms with Gasteiger partial charge in [0, 0.05) is 36.3 Å². The fourth-order valence-corrected chi connectivity index (χ4v) is 2.41. The smallest absolute Gasteiger partial charge is 0.0798 e. The van der Waals surface area contributed by atoms with Crippen molar-refractivity contribution in [2.75, 3.05) is 0 Å². The average Bonchev–Trinajstić information content (AvgIpc) is 2.90. The van der Waals surface area contributed by atoms with Crippen molar-refractivity contribution in [2.24, 2.45) is 0 Å². The van der Waals surface area contributed by atoms with Crippen molar-refractivity contribution < 1.29 is 0 Å². The summed E-state index contributed by atoms with van der Waals surface area (Å²) in [5.41, 5.74) is 4.26. The van der Waals surface area contributed by atoms with Gasteiger partial charge in [-0.25, -0.2) is 4.98 Å². The highest BCUT2D eigenvalue weighted by Gasteiger charge is 2.01. The Bertz CT molecular complexity index is 461. The van der Waals surface area contributed by atoms with Gasteiger partial charge in [0.2, 0.25) is 0 Å². The van der Waals surface area contributed by atoms with Gasteiger partial charge < -0.3 is 5.32 Å². The summed E-state index contributed by atoms with van der Waals surface area (Å²) in [6, 6.07) is 0. The van der Waals surface area contributed by atoms with Gasteiger partial charge in [0.05, 0.1) is 17.4 Å². The molecule has 0 spiro atoms. The SMILES string of the molecule is CCCn1cc(CNCc2scnc2C)cn1. The molecule has 5 heteroatoms. The fourth-order valence-electron chi connectivity index (χ4n) is 1.67. The first-order chi connectivity index (χ1) is 8.29. The zero-order valence-corrected chi connectivity index (χ0v) is 11.1. The summed E-state index contributed by atoms with van der Waals surface area (Å²) in [5, 5.41) is 7.72. The van der Waals surface area contributed by atoms with Crippen LogP contribution in [0.25, 0.3) is 0 Å². The monoisotopic (exact) mass is 250 g/mol. The van der Waals surface area contributed by atoms with Gasteiger partial charge >= 0.3 is 0 Å². The first-order valence-electron chi connectivity index (χ1n) is 5.90. The van der Waals surface area contributed by atoms with Crippen LogP contribution in [0.2, 0.25) is 0 Å². The molecule has 0 radical (unpaired) electrons. The van der Waals surface area contributed by atoms with Crippen LogP contribution < -0.4 is 5.32 Å². The number of rotatable bonds is 6. The highest BCUT2D eigenvalue weighted by atomic mass is 32.1. The summed E-state index contributed by atoms with van der Waals surface area (Å²) in [5.74, 6) is 0. The summed E-state index contributed by atoms with van der Waals surface area (Å²) in [4.78, 5) is 5.54. The Labute approximate surface area is 106 Å². The van der Waals surface area contributed by atoms with Crippen LogP contribution in [0, 0.1) is 6.92 Å². The third-order valence-electron chi connectivity index (χ3n) is 2.60. The molecule has 1 N–H and O–H groups in total. The van der Waals surface area contributed by atoms with Gasteiger partial charge in [-0.3, -0.25) is 4.68 Å². The lowest BCUT2D eigenvalue weighted by molar-refractivity contribution is 0.601. The van der Waals surface area contributed by atoms with Crippen LogP contribution in [-0.4, -0.2) is 14.8 Å². The number of nitrogens with zero attached hydrogens (tertiary/aromatic N) is 3. The molecule has 92 valence electrons. The third-order valence-corrected chi connectivity index (χ3v) is 3.53. The molecule has 0 aliphatic carbocycles. The van der Waals surface area contributed by atoms with Crippen LogP contribution in [0.5, 0.6) is 0 Å². The Hall–Kier alpha value is -1.20. The van der Waals surface area contributed by atoms with E-state index < -0.39 is 0 Å². The average molecular weight is 250 g/mol. The molecule has 0 amide bonds. The van der Waals surface area contributed by atoms with Crippen molar-refractivity contribution in [2.45, 2.75) is 39.9 Å². The lowest BCUT2D eigenvalue weighted by Gasteiger charge is -2.01. The molecule has 2 aromatic heterocycles. The largest absolute Gasteiger partial charge is 0.308 e. The minimum atomic E-state index is 0.862. The van der Waals surface area contributed by atoms with Crippen molar-refractivity contribution in [3.8, 4) is 0 Å². The van der Waals surface area contributed by atoms with Crippen LogP contribution in [-0.2, 0) is 19.6 Å². The predicted molar refractivity (Wildman–Crippen MR) is 69.9 cm³/mol. The minimum Gasteiger partial charge on any atom is -0.308 e. The van der Waals surface area contributed by atoms with Crippen molar-refractivity contribution in [1.29, 1.82) is 0 Å². The number of thiazole rings is 1. The van der Waals surface area contributed by atoms with Crippen LogP contribution >= 0.6 is 11.3 Å². The summed E-state index contributed by atoms with van der Waals surface area (Å²) < 4.78 is 2.00. The second-order valence-electron chi connectivity index (χ2n) is 4.08. The third kappa shape index (κ3) is 3.38. The molecule has 2 heterocycles. The van der Waals surface area contributed by atoms with E-state index in [1.807, 2.05) is 23.3 Å². The van der Waals surface area contributed by atoms with Crippen molar-refractivity contribution >= 4 is 11.3 Å². The van der Waals surface area contributed by atoms with Gasteiger partial charge in [-0.2, -0.15) is 5.10 Å². The van der Waals surface area contributed by atoms with E-state index >= 15 is 0 Å².